The first-order chi connectivity index (χ1) is 8.32. The molecule has 1 aromatic carbocycles. The molecule has 0 saturated carbocycles. The van der Waals surface area contributed by atoms with E-state index in [1.165, 1.54) is 6.07 Å². The fourth-order valence-electron chi connectivity index (χ4n) is 1.46. The maximum atomic E-state index is 12.6. The predicted octanol–water partition coefficient (Wildman–Crippen LogP) is 4.20. The van der Waals surface area contributed by atoms with Crippen LogP contribution in [0.5, 0.6) is 0 Å². The quantitative estimate of drug-likeness (QED) is 0.873. The van der Waals surface area contributed by atoms with Crippen LogP contribution in [0, 0.1) is 0 Å². The molecule has 0 aliphatic carbocycles. The molecule has 0 radical (unpaired) electrons. The highest BCUT2D eigenvalue weighted by Gasteiger charge is 2.31. The summed E-state index contributed by atoms with van der Waals surface area (Å²) in [4.78, 5) is 0. The summed E-state index contributed by atoms with van der Waals surface area (Å²) in [5, 5.41) is 2.97. The van der Waals surface area contributed by atoms with E-state index < -0.39 is 11.7 Å². The summed E-state index contributed by atoms with van der Waals surface area (Å²) >= 11 is 5.67. The normalized spacial score (nSPS) is 13.4. The van der Waals surface area contributed by atoms with E-state index in [1.807, 2.05) is 13.8 Å². The zero-order valence-electron chi connectivity index (χ0n) is 10.1. The van der Waals surface area contributed by atoms with Gasteiger partial charge in [-0.3, -0.25) is 0 Å². The predicted molar refractivity (Wildman–Crippen MR) is 66.0 cm³/mol. The summed E-state index contributed by atoms with van der Waals surface area (Å²) < 4.78 is 42.9. The fraction of sp³-hybridized carbons (Fsp3) is 0.500. The van der Waals surface area contributed by atoms with Crippen LogP contribution in [0.15, 0.2) is 18.2 Å². The molecule has 0 aromatic heterocycles. The van der Waals surface area contributed by atoms with Crippen molar-refractivity contribution in [2.24, 2.45) is 0 Å². The molecule has 1 unspecified atom stereocenters. The smallest absolute Gasteiger partial charge is 0.380 e. The van der Waals surface area contributed by atoms with E-state index in [1.54, 1.807) is 0 Å². The van der Waals surface area contributed by atoms with Gasteiger partial charge in [-0.1, -0.05) is 11.6 Å². The molecule has 18 heavy (non-hydrogen) atoms. The van der Waals surface area contributed by atoms with Crippen molar-refractivity contribution in [2.75, 3.05) is 18.5 Å². The SMILES string of the molecule is CCOCC(C)Nc1cc(Cl)cc(C(F)(F)F)c1. The Morgan fingerprint density at radius 2 is 2.00 bits per heavy atom. The summed E-state index contributed by atoms with van der Waals surface area (Å²) in [6.07, 6.45) is -4.40. The van der Waals surface area contributed by atoms with Gasteiger partial charge in [0.2, 0.25) is 0 Å². The third-order valence-corrected chi connectivity index (χ3v) is 2.43. The van der Waals surface area contributed by atoms with Crippen LogP contribution in [0.1, 0.15) is 19.4 Å². The molecule has 0 fully saturated rings. The van der Waals surface area contributed by atoms with E-state index in [-0.39, 0.29) is 11.1 Å². The topological polar surface area (TPSA) is 21.3 Å². The van der Waals surface area contributed by atoms with Crippen molar-refractivity contribution in [1.29, 1.82) is 0 Å². The Morgan fingerprint density at radius 1 is 1.33 bits per heavy atom. The van der Waals surface area contributed by atoms with Crippen LogP contribution in [-0.4, -0.2) is 19.3 Å². The molecule has 0 heterocycles. The number of halogens is 4. The second-order valence-corrected chi connectivity index (χ2v) is 4.37. The van der Waals surface area contributed by atoms with Gasteiger partial charge in [-0.15, -0.1) is 0 Å². The van der Waals surface area contributed by atoms with Gasteiger partial charge in [0.05, 0.1) is 12.2 Å². The average molecular weight is 282 g/mol. The minimum Gasteiger partial charge on any atom is -0.380 e. The molecule has 2 nitrogen and oxygen atoms in total. The first kappa shape index (κ1) is 15.1. The minimum absolute atomic E-state index is 0.0518. The second-order valence-electron chi connectivity index (χ2n) is 3.93. The number of hydrogen-bond acceptors (Lipinski definition) is 2. The molecule has 0 aliphatic rings. The Hall–Kier alpha value is -0.940. The maximum Gasteiger partial charge on any atom is 0.416 e. The summed E-state index contributed by atoms with van der Waals surface area (Å²) in [6.45, 7) is 4.66. The third-order valence-electron chi connectivity index (χ3n) is 2.21. The van der Waals surface area contributed by atoms with Gasteiger partial charge in [-0.25, -0.2) is 0 Å². The lowest BCUT2D eigenvalue weighted by atomic mass is 10.2. The molecular formula is C12H15ClF3NO. The molecule has 1 atom stereocenters. The van der Waals surface area contributed by atoms with Crippen LogP contribution in [0.25, 0.3) is 0 Å². The molecule has 0 spiro atoms. The highest BCUT2D eigenvalue weighted by Crippen LogP contribution is 2.33. The fourth-order valence-corrected chi connectivity index (χ4v) is 1.69. The molecule has 0 aliphatic heterocycles. The number of benzene rings is 1. The Morgan fingerprint density at radius 3 is 2.56 bits per heavy atom. The second kappa shape index (κ2) is 6.29. The number of hydrogen-bond donors (Lipinski definition) is 1. The van der Waals surface area contributed by atoms with Gasteiger partial charge in [-0.05, 0) is 32.0 Å². The lowest BCUT2D eigenvalue weighted by molar-refractivity contribution is -0.137. The zero-order chi connectivity index (χ0) is 13.8. The van der Waals surface area contributed by atoms with Gasteiger partial charge in [0, 0.05) is 23.4 Å². The first-order valence-electron chi connectivity index (χ1n) is 5.55. The van der Waals surface area contributed by atoms with E-state index in [0.29, 0.717) is 18.9 Å². The van der Waals surface area contributed by atoms with Gasteiger partial charge in [0.15, 0.2) is 0 Å². The number of rotatable bonds is 5. The lowest BCUT2D eigenvalue weighted by Gasteiger charge is -2.17. The van der Waals surface area contributed by atoms with Crippen LogP contribution in [0.3, 0.4) is 0 Å². The number of anilines is 1. The summed E-state index contributed by atoms with van der Waals surface area (Å²) in [7, 11) is 0. The van der Waals surface area contributed by atoms with E-state index in [9.17, 15) is 13.2 Å². The third kappa shape index (κ3) is 4.74. The zero-order valence-corrected chi connectivity index (χ0v) is 10.9. The first-order valence-corrected chi connectivity index (χ1v) is 5.92. The van der Waals surface area contributed by atoms with Gasteiger partial charge in [0.25, 0.3) is 0 Å². The lowest BCUT2D eigenvalue weighted by Crippen LogP contribution is -2.22. The Labute approximate surface area is 109 Å². The minimum atomic E-state index is -4.40. The van der Waals surface area contributed by atoms with Crippen molar-refractivity contribution < 1.29 is 17.9 Å². The highest BCUT2D eigenvalue weighted by atomic mass is 35.5. The van der Waals surface area contributed by atoms with Crippen LogP contribution in [0.4, 0.5) is 18.9 Å². The molecule has 0 saturated heterocycles. The summed E-state index contributed by atoms with van der Waals surface area (Å²) in [6, 6.07) is 3.30. The molecular weight excluding hydrogens is 267 g/mol. The Balaban J connectivity index is 2.80. The van der Waals surface area contributed by atoms with E-state index in [4.69, 9.17) is 16.3 Å². The molecule has 6 heteroatoms. The number of nitrogens with one attached hydrogen (secondary N) is 1. The maximum absolute atomic E-state index is 12.6. The highest BCUT2D eigenvalue weighted by molar-refractivity contribution is 6.30. The van der Waals surface area contributed by atoms with Crippen LogP contribution >= 0.6 is 11.6 Å². The molecule has 1 aromatic rings. The van der Waals surface area contributed by atoms with Gasteiger partial charge in [0.1, 0.15) is 0 Å². The molecule has 0 amide bonds. The van der Waals surface area contributed by atoms with Gasteiger partial charge in [-0.2, -0.15) is 13.2 Å². The van der Waals surface area contributed by atoms with Crippen molar-refractivity contribution in [3.8, 4) is 0 Å². The van der Waals surface area contributed by atoms with E-state index in [0.717, 1.165) is 12.1 Å². The molecule has 102 valence electrons. The number of alkyl halides is 3. The van der Waals surface area contributed by atoms with Crippen molar-refractivity contribution in [1.82, 2.24) is 0 Å². The summed E-state index contributed by atoms with van der Waals surface area (Å²) in [5.41, 5.74) is -0.428. The molecule has 1 rings (SSSR count). The molecule has 1 N–H and O–H groups in total. The van der Waals surface area contributed by atoms with Crippen molar-refractivity contribution in [2.45, 2.75) is 26.1 Å². The standard InChI is InChI=1S/C12H15ClF3NO/c1-3-18-7-8(2)17-11-5-9(12(14,15)16)4-10(13)6-11/h4-6,8,17H,3,7H2,1-2H3. The van der Waals surface area contributed by atoms with Gasteiger partial charge < -0.3 is 10.1 Å². The van der Waals surface area contributed by atoms with Gasteiger partial charge >= 0.3 is 6.18 Å². The Kier molecular flexibility index (Phi) is 5.28. The Bertz CT molecular complexity index is 395. The van der Waals surface area contributed by atoms with Crippen LogP contribution in [-0.2, 0) is 10.9 Å². The largest absolute Gasteiger partial charge is 0.416 e. The summed E-state index contributed by atoms with van der Waals surface area (Å²) in [5.74, 6) is 0. The monoisotopic (exact) mass is 281 g/mol. The average Bonchev–Trinajstić information content (AvgIpc) is 2.24. The van der Waals surface area contributed by atoms with Crippen molar-refractivity contribution in [3.05, 3.63) is 28.8 Å². The number of ether oxygens (including phenoxy) is 1. The van der Waals surface area contributed by atoms with Crippen LogP contribution in [0.2, 0.25) is 5.02 Å². The van der Waals surface area contributed by atoms with Crippen LogP contribution < -0.4 is 5.32 Å². The molecule has 0 bridgehead atoms. The van der Waals surface area contributed by atoms with Crippen molar-refractivity contribution in [3.63, 3.8) is 0 Å². The van der Waals surface area contributed by atoms with Crippen molar-refractivity contribution >= 4 is 17.3 Å². The van der Waals surface area contributed by atoms with E-state index >= 15 is 0 Å². The van der Waals surface area contributed by atoms with E-state index in [2.05, 4.69) is 5.32 Å².